The fourth-order valence-electron chi connectivity index (χ4n) is 9.71. The van der Waals surface area contributed by atoms with Gasteiger partial charge in [-0.25, -0.2) is 0 Å². The van der Waals surface area contributed by atoms with Crippen molar-refractivity contribution in [1.29, 1.82) is 0 Å². The van der Waals surface area contributed by atoms with Gasteiger partial charge in [0.25, 0.3) is 5.91 Å². The molecule has 420 valence electrons. The van der Waals surface area contributed by atoms with E-state index in [4.69, 9.17) is 37.3 Å². The smallest absolute Gasteiger partial charge is 0.251 e. The third-order valence-electron chi connectivity index (χ3n) is 13.4. The molecule has 4 heterocycles. The van der Waals surface area contributed by atoms with E-state index in [-0.39, 0.29) is 12.2 Å². The Morgan fingerprint density at radius 3 is 1.77 bits per heavy atom. The number of nitrogens with one attached hydrogen (secondary N) is 4. The Morgan fingerprint density at radius 1 is 0.622 bits per heavy atom. The van der Waals surface area contributed by atoms with Gasteiger partial charge in [0.2, 0.25) is 17.7 Å². The number of rotatable bonds is 25. The summed E-state index contributed by atoms with van der Waals surface area (Å²) in [6.45, 7) is 2.80. The first kappa shape index (κ1) is 61.2. The van der Waals surface area contributed by atoms with Gasteiger partial charge in [0.05, 0.1) is 57.4 Å². The molecule has 0 spiro atoms. The monoisotopic (exact) mass is 1080 g/mol. The van der Waals surface area contributed by atoms with Crippen molar-refractivity contribution in [2.45, 2.75) is 189 Å². The number of allylic oxidation sites excluding steroid dienone is 2. The van der Waals surface area contributed by atoms with Gasteiger partial charge in [0.15, 0.2) is 18.9 Å². The summed E-state index contributed by atoms with van der Waals surface area (Å²) in [6, 6.07) is -0.0225. The first-order chi connectivity index (χ1) is 35.4. The van der Waals surface area contributed by atoms with Crippen molar-refractivity contribution in [3.8, 4) is 5.75 Å². The average molecular weight is 1080 g/mol. The molecule has 20 unspecified atom stereocenters. The maximum Gasteiger partial charge on any atom is 0.251 e. The van der Waals surface area contributed by atoms with Crippen molar-refractivity contribution in [3.05, 3.63) is 42.0 Å². The van der Waals surface area contributed by atoms with Crippen molar-refractivity contribution in [3.63, 3.8) is 0 Å². The average Bonchev–Trinajstić information content (AvgIpc) is 3.36. The molecule has 74 heavy (non-hydrogen) atoms. The van der Waals surface area contributed by atoms with Crippen LogP contribution in [0.4, 0.5) is 0 Å². The van der Waals surface area contributed by atoms with Crippen LogP contribution >= 0.6 is 12.9 Å². The molecule has 1 aromatic carbocycles. The van der Waals surface area contributed by atoms with Crippen LogP contribution in [0.15, 0.2) is 36.4 Å². The molecule has 0 bridgehead atoms. The number of hydrogen-bond acceptors (Lipinski definition) is 22. The molecular formula is C48H76N4O21S. The Kier molecular flexibility index (Phi) is 24.6. The number of thiol groups is 1. The highest BCUT2D eigenvalue weighted by Crippen LogP contribution is 2.38. The van der Waals surface area contributed by atoms with E-state index >= 15 is 0 Å². The van der Waals surface area contributed by atoms with Crippen LogP contribution in [0.25, 0.3) is 0 Å². The van der Waals surface area contributed by atoms with Crippen molar-refractivity contribution in [1.82, 2.24) is 21.3 Å². The topological polar surface area (TPSA) is 372 Å². The van der Waals surface area contributed by atoms with Gasteiger partial charge >= 0.3 is 0 Å². The van der Waals surface area contributed by atoms with E-state index in [0.29, 0.717) is 12.4 Å². The molecule has 4 aliphatic rings. The maximum absolute atomic E-state index is 13.8. The highest BCUT2D eigenvalue weighted by molar-refractivity contribution is 7.75. The summed E-state index contributed by atoms with van der Waals surface area (Å²) in [5.74, 6) is -3.82. The third kappa shape index (κ3) is 16.0. The molecule has 20 atom stereocenters. The quantitative estimate of drug-likeness (QED) is 0.0200. The number of amides is 4. The number of aliphatic hydroxyl groups is 9. The van der Waals surface area contributed by atoms with Gasteiger partial charge in [-0.1, -0.05) is 44.4 Å². The molecule has 0 aromatic heterocycles. The second kappa shape index (κ2) is 29.8. The standard InChI is InChI=1S/C48H76N4O21S/c1-5-6-7-8-9-10-11-12-13-17-66-27-16-14-15-26(18-27)45(64)52-35-39(61)37(59)28(19-53)70-47(35)73-43-30(21-55)71-48(36(41(43)63)51-25(4)58)72-42-29(20-54)68-44(33(40(42)62)49-23(2)56)32-31(22-67-74)69-46(65)34(38(32)60)50-24(3)57/h10-11,14-16,18,28-44,46-48,53-55,59-63,65,74H,5-9,12-13,17,19-22H2,1-4H3,(H,49,56)(H,50,57)(H,51,58)(H,52,64)/b11-10-. The van der Waals surface area contributed by atoms with Crippen LogP contribution in [0.5, 0.6) is 5.75 Å². The minimum atomic E-state index is -1.93. The van der Waals surface area contributed by atoms with E-state index in [9.17, 15) is 65.1 Å². The fraction of sp³-hybridized carbons (Fsp3) is 0.750. The number of carbonyl (C=O) groups is 4. The molecule has 4 fully saturated rings. The number of benzene rings is 1. The van der Waals surface area contributed by atoms with E-state index < -0.39 is 166 Å². The van der Waals surface area contributed by atoms with Crippen molar-refractivity contribution in [2.24, 2.45) is 5.92 Å². The molecule has 0 saturated carbocycles. The molecule has 0 radical (unpaired) electrons. The van der Waals surface area contributed by atoms with E-state index in [1.165, 1.54) is 31.4 Å². The lowest BCUT2D eigenvalue weighted by Gasteiger charge is -2.53. The number of ether oxygens (including phenoxy) is 7. The third-order valence-corrected chi connectivity index (χ3v) is 13.5. The van der Waals surface area contributed by atoms with Crippen LogP contribution in [0.3, 0.4) is 0 Å². The number of hydrogen-bond donors (Lipinski definition) is 14. The number of carbonyl (C=O) groups excluding carboxylic acids is 4. The van der Waals surface area contributed by atoms with Crippen LogP contribution in [0.1, 0.15) is 83.0 Å². The Hall–Kier alpha value is -3.65. The van der Waals surface area contributed by atoms with Crippen LogP contribution in [-0.4, -0.2) is 219 Å². The Bertz CT molecular complexity index is 1960. The zero-order valence-electron chi connectivity index (χ0n) is 41.9. The normalized spacial score (nSPS) is 36.5. The summed E-state index contributed by atoms with van der Waals surface area (Å²) < 4.78 is 47.1. The number of aliphatic hydroxyl groups excluding tert-OH is 9. The van der Waals surface area contributed by atoms with E-state index in [1.807, 2.05) is 0 Å². The van der Waals surface area contributed by atoms with Gasteiger partial charge in [0, 0.05) is 32.3 Å². The maximum atomic E-state index is 13.8. The van der Waals surface area contributed by atoms with Crippen molar-refractivity contribution >= 4 is 36.5 Å². The zero-order chi connectivity index (χ0) is 54.2. The summed E-state index contributed by atoms with van der Waals surface area (Å²) in [5, 5.41) is 110. The summed E-state index contributed by atoms with van der Waals surface area (Å²) in [4.78, 5) is 51.3. The fourth-order valence-corrected chi connectivity index (χ4v) is 9.86. The van der Waals surface area contributed by atoms with Gasteiger partial charge < -0.3 is 105 Å². The predicted octanol–water partition coefficient (Wildman–Crippen LogP) is -3.05. The summed E-state index contributed by atoms with van der Waals surface area (Å²) in [5.41, 5.74) is 0.0871. The highest BCUT2D eigenvalue weighted by Gasteiger charge is 2.58. The molecule has 4 aliphatic heterocycles. The zero-order valence-corrected chi connectivity index (χ0v) is 42.8. The van der Waals surface area contributed by atoms with Crippen LogP contribution in [0, 0.1) is 5.92 Å². The molecule has 26 heteroatoms. The van der Waals surface area contributed by atoms with Gasteiger partial charge in [0.1, 0.15) is 78.8 Å². The lowest BCUT2D eigenvalue weighted by molar-refractivity contribution is -0.349. The summed E-state index contributed by atoms with van der Waals surface area (Å²) in [7, 11) is 0. The molecule has 0 aliphatic carbocycles. The lowest BCUT2D eigenvalue weighted by Crippen LogP contribution is -2.73. The van der Waals surface area contributed by atoms with Gasteiger partial charge in [-0.3, -0.25) is 19.2 Å². The van der Waals surface area contributed by atoms with E-state index in [0.717, 1.165) is 46.5 Å². The second-order valence-corrected chi connectivity index (χ2v) is 19.1. The molecule has 4 saturated heterocycles. The van der Waals surface area contributed by atoms with Crippen molar-refractivity contribution in [2.75, 3.05) is 33.0 Å². The molecule has 13 N–H and O–H groups in total. The summed E-state index contributed by atoms with van der Waals surface area (Å²) >= 11 is 3.78. The second-order valence-electron chi connectivity index (χ2n) is 18.9. The SMILES string of the molecule is CCCCCC/C=C\CCCOc1cccc(C(=O)NC2C(OC3C(CO)OC(OC4C(CO)OC(C5C(COS)OC(O)C(NC(C)=O)C5O)C(NC(C)=O)C4O)C(NC(C)=O)C3O)OC(CO)C(O)C2O)c1. The van der Waals surface area contributed by atoms with Gasteiger partial charge in [-0.05, 0) is 56.8 Å². The Labute approximate surface area is 434 Å². The Morgan fingerprint density at radius 2 is 1.18 bits per heavy atom. The van der Waals surface area contributed by atoms with Crippen LogP contribution in [-0.2, 0) is 47.0 Å². The lowest BCUT2D eigenvalue weighted by atomic mass is 9.77. The molecular weight excluding hydrogens is 1000 g/mol. The largest absolute Gasteiger partial charge is 0.494 e. The first-order valence-corrected chi connectivity index (χ1v) is 25.4. The molecule has 5 rings (SSSR count). The number of unbranched alkanes of at least 4 members (excludes halogenated alkanes) is 5. The Balaban J connectivity index is 1.35. The first-order valence-electron chi connectivity index (χ1n) is 25.0. The predicted molar refractivity (Wildman–Crippen MR) is 259 cm³/mol. The van der Waals surface area contributed by atoms with E-state index in [1.54, 1.807) is 12.1 Å². The molecule has 4 amide bonds. The van der Waals surface area contributed by atoms with Gasteiger partial charge in [-0.2, -0.15) is 0 Å². The van der Waals surface area contributed by atoms with Crippen LogP contribution < -0.4 is 26.0 Å². The minimum Gasteiger partial charge on any atom is -0.494 e. The highest BCUT2D eigenvalue weighted by atomic mass is 32.1. The van der Waals surface area contributed by atoms with Gasteiger partial charge in [-0.15, -0.1) is 0 Å². The molecule has 25 nitrogen and oxygen atoms in total. The molecule has 1 aromatic rings. The van der Waals surface area contributed by atoms with Crippen molar-refractivity contribution < 1.29 is 102 Å². The van der Waals surface area contributed by atoms with E-state index in [2.05, 4.69) is 53.3 Å². The van der Waals surface area contributed by atoms with Crippen LogP contribution in [0.2, 0.25) is 0 Å². The minimum absolute atomic E-state index is 0.0871. The summed E-state index contributed by atoms with van der Waals surface area (Å²) in [6.07, 6.45) is -13.7.